The Labute approximate surface area is 204 Å². The van der Waals surface area contributed by atoms with Crippen molar-refractivity contribution >= 4 is 26.0 Å². The molecule has 0 unspecified atom stereocenters. The van der Waals surface area contributed by atoms with Crippen molar-refractivity contribution in [1.82, 2.24) is 13.9 Å². The Bertz CT molecular complexity index is 1280. The number of piperazine rings is 1. The maximum atomic E-state index is 12.7. The average molecular weight is 523 g/mol. The summed E-state index contributed by atoms with van der Waals surface area (Å²) in [6, 6.07) is 13.5. The van der Waals surface area contributed by atoms with Gasteiger partial charge in [0.1, 0.15) is 18.4 Å². The lowest BCUT2D eigenvalue weighted by Crippen LogP contribution is -2.56. The Morgan fingerprint density at radius 3 is 2.17 bits per heavy atom. The van der Waals surface area contributed by atoms with Crippen molar-refractivity contribution < 1.29 is 31.5 Å². The minimum absolute atomic E-state index is 0.0470. The van der Waals surface area contributed by atoms with Crippen LogP contribution in [0.4, 0.5) is 0 Å². The lowest BCUT2D eigenvalue weighted by Gasteiger charge is -2.36. The van der Waals surface area contributed by atoms with Crippen LogP contribution in [-0.2, 0) is 31.4 Å². The van der Waals surface area contributed by atoms with Gasteiger partial charge in [-0.1, -0.05) is 12.1 Å². The molecule has 2 N–H and O–H groups in total. The predicted octanol–water partition coefficient (Wildman–Crippen LogP) is 0.446. The molecule has 188 valence electrons. The van der Waals surface area contributed by atoms with E-state index in [1.54, 1.807) is 29.2 Å². The highest BCUT2D eigenvalue weighted by Gasteiger charge is 2.32. The molecule has 0 aliphatic carbocycles. The second-order valence-electron chi connectivity index (χ2n) is 7.97. The fraction of sp³-hybridized carbons (Fsp3) is 0.364. The normalized spacial score (nSPS) is 16.3. The lowest BCUT2D eigenvalue weighted by atomic mass is 10.2. The molecule has 13 heteroatoms. The Kier molecular flexibility index (Phi) is 8.47. The first-order valence-corrected chi connectivity index (χ1v) is 14.0. The van der Waals surface area contributed by atoms with Gasteiger partial charge in [0.2, 0.25) is 20.0 Å². The summed E-state index contributed by atoms with van der Waals surface area (Å²) < 4.78 is 57.9. The second-order valence-corrected chi connectivity index (χ2v) is 11.7. The Morgan fingerprint density at radius 1 is 1.06 bits per heavy atom. The van der Waals surface area contributed by atoms with E-state index >= 15 is 0 Å². The van der Waals surface area contributed by atoms with Gasteiger partial charge < -0.3 is 9.84 Å². The number of aliphatic carboxylic acids is 1. The highest BCUT2D eigenvalue weighted by Crippen LogP contribution is 2.18. The smallest absolute Gasteiger partial charge is 0.322 e. The highest BCUT2D eigenvalue weighted by atomic mass is 32.2. The third-order valence-electron chi connectivity index (χ3n) is 5.56. The molecule has 11 nitrogen and oxygen atoms in total. The largest absolute Gasteiger partial charge is 0.489 e. The molecular formula is C22H26N4O7S2. The SMILES string of the molecule is CS(=O)(=O)N1CCN([C@@H](CNS(=O)(=O)c2ccc(OCc3ccc(C#N)cc3)cc2)C(=O)O)CC1. The van der Waals surface area contributed by atoms with Crippen molar-refractivity contribution in [2.75, 3.05) is 39.0 Å². The molecule has 3 rings (SSSR count). The molecule has 0 bridgehead atoms. The number of nitrogens with zero attached hydrogens (tertiary/aromatic N) is 3. The monoisotopic (exact) mass is 522 g/mol. The van der Waals surface area contributed by atoms with Gasteiger partial charge in [-0.15, -0.1) is 0 Å². The van der Waals surface area contributed by atoms with Crippen LogP contribution in [0.5, 0.6) is 5.75 Å². The molecule has 2 aromatic rings. The minimum Gasteiger partial charge on any atom is -0.489 e. The first kappa shape index (κ1) is 26.6. The average Bonchev–Trinajstić information content (AvgIpc) is 2.83. The van der Waals surface area contributed by atoms with E-state index in [0.29, 0.717) is 11.3 Å². The van der Waals surface area contributed by atoms with Crippen LogP contribution in [-0.4, -0.2) is 82.1 Å². The van der Waals surface area contributed by atoms with Gasteiger partial charge in [-0.2, -0.15) is 9.57 Å². The Hall–Kier alpha value is -3.02. The van der Waals surface area contributed by atoms with E-state index in [-0.39, 0.29) is 44.2 Å². The summed E-state index contributed by atoms with van der Waals surface area (Å²) in [5, 5.41) is 18.4. The van der Waals surface area contributed by atoms with Crippen LogP contribution in [0.2, 0.25) is 0 Å². The lowest BCUT2D eigenvalue weighted by molar-refractivity contribution is -0.143. The van der Waals surface area contributed by atoms with Crippen LogP contribution in [0.15, 0.2) is 53.4 Å². The van der Waals surface area contributed by atoms with E-state index in [0.717, 1.165) is 11.8 Å². The van der Waals surface area contributed by atoms with Crippen LogP contribution in [0, 0.1) is 11.3 Å². The number of carboxylic acids is 1. The van der Waals surface area contributed by atoms with Crippen LogP contribution < -0.4 is 9.46 Å². The summed E-state index contributed by atoms with van der Waals surface area (Å²) in [5.74, 6) is -0.757. The number of carbonyl (C=O) groups is 1. The van der Waals surface area contributed by atoms with Gasteiger partial charge in [-0.05, 0) is 42.0 Å². The summed E-state index contributed by atoms with van der Waals surface area (Å²) in [5.41, 5.74) is 1.39. The Morgan fingerprint density at radius 2 is 1.66 bits per heavy atom. The zero-order valence-electron chi connectivity index (χ0n) is 19.0. The van der Waals surface area contributed by atoms with Crippen LogP contribution in [0.1, 0.15) is 11.1 Å². The van der Waals surface area contributed by atoms with Crippen molar-refractivity contribution in [2.24, 2.45) is 0 Å². The van der Waals surface area contributed by atoms with Crippen LogP contribution in [0.25, 0.3) is 0 Å². The maximum absolute atomic E-state index is 12.7. The third-order valence-corrected chi connectivity index (χ3v) is 8.30. The van der Waals surface area contributed by atoms with Crippen LogP contribution in [0.3, 0.4) is 0 Å². The molecule has 0 radical (unpaired) electrons. The van der Waals surface area contributed by atoms with Crippen molar-refractivity contribution in [2.45, 2.75) is 17.5 Å². The first-order chi connectivity index (χ1) is 16.5. The molecule has 1 saturated heterocycles. The fourth-order valence-corrected chi connectivity index (χ4v) is 5.41. The summed E-state index contributed by atoms with van der Waals surface area (Å²) in [6.45, 7) is 0.503. The zero-order valence-corrected chi connectivity index (χ0v) is 20.6. The van der Waals surface area contributed by atoms with E-state index in [1.807, 2.05) is 6.07 Å². The third kappa shape index (κ3) is 7.23. The summed E-state index contributed by atoms with van der Waals surface area (Å²) in [4.78, 5) is 13.3. The van der Waals surface area contributed by atoms with Gasteiger partial charge in [0.25, 0.3) is 0 Å². The molecule has 0 aromatic heterocycles. The summed E-state index contributed by atoms with van der Waals surface area (Å²) in [6.07, 6.45) is 1.09. The molecule has 0 spiro atoms. The van der Waals surface area contributed by atoms with Gasteiger partial charge >= 0.3 is 5.97 Å². The number of nitrogens with one attached hydrogen (secondary N) is 1. The zero-order chi connectivity index (χ0) is 25.6. The van der Waals surface area contributed by atoms with Crippen LogP contribution >= 0.6 is 0 Å². The number of ether oxygens (including phenoxy) is 1. The summed E-state index contributed by atoms with van der Waals surface area (Å²) >= 11 is 0. The number of sulfonamides is 2. The van der Waals surface area contributed by atoms with Gasteiger partial charge in [0.15, 0.2) is 0 Å². The van der Waals surface area contributed by atoms with Crippen molar-refractivity contribution in [1.29, 1.82) is 5.26 Å². The minimum atomic E-state index is -3.99. The topological polar surface area (TPSA) is 157 Å². The molecular weight excluding hydrogens is 496 g/mol. The molecule has 1 aliphatic heterocycles. The highest BCUT2D eigenvalue weighted by molar-refractivity contribution is 7.89. The number of carboxylic acid groups (broad SMARTS) is 1. The molecule has 1 fully saturated rings. The maximum Gasteiger partial charge on any atom is 0.322 e. The number of hydrogen-bond acceptors (Lipinski definition) is 8. The molecule has 1 heterocycles. The first-order valence-electron chi connectivity index (χ1n) is 10.6. The van der Waals surface area contributed by atoms with E-state index in [2.05, 4.69) is 4.72 Å². The van der Waals surface area contributed by atoms with Gasteiger partial charge in [0.05, 0.1) is 22.8 Å². The molecule has 1 aliphatic rings. The van der Waals surface area contributed by atoms with E-state index in [4.69, 9.17) is 10.00 Å². The van der Waals surface area contributed by atoms with Gasteiger partial charge in [-0.25, -0.2) is 21.6 Å². The van der Waals surface area contributed by atoms with E-state index < -0.39 is 32.1 Å². The molecule has 1 atom stereocenters. The van der Waals surface area contributed by atoms with Crippen molar-refractivity contribution in [3.8, 4) is 11.8 Å². The predicted molar refractivity (Wildman–Crippen MR) is 127 cm³/mol. The molecule has 35 heavy (non-hydrogen) atoms. The quantitative estimate of drug-likeness (QED) is 0.452. The van der Waals surface area contributed by atoms with Crippen molar-refractivity contribution in [3.63, 3.8) is 0 Å². The number of benzene rings is 2. The number of hydrogen-bond donors (Lipinski definition) is 2. The van der Waals surface area contributed by atoms with E-state index in [1.165, 1.54) is 28.6 Å². The van der Waals surface area contributed by atoms with Crippen molar-refractivity contribution in [3.05, 3.63) is 59.7 Å². The number of nitriles is 1. The molecule has 0 amide bonds. The molecule has 2 aromatic carbocycles. The second kappa shape index (κ2) is 11.1. The van der Waals surface area contributed by atoms with Gasteiger partial charge in [-0.3, -0.25) is 9.69 Å². The summed E-state index contributed by atoms with van der Waals surface area (Å²) in [7, 11) is -7.35. The molecule has 0 saturated carbocycles. The Balaban J connectivity index is 1.57. The standard InChI is InChI=1S/C22H26N4O7S2/c1-34(29,30)26-12-10-25(11-13-26)21(22(27)28)15-24-35(31,32)20-8-6-19(7-9-20)33-16-18-4-2-17(14-23)3-5-18/h2-9,21,24H,10-13,15-16H2,1H3,(H,27,28)/t21-/m0/s1. The fourth-order valence-electron chi connectivity index (χ4n) is 3.55. The number of rotatable bonds is 10. The van der Waals surface area contributed by atoms with E-state index in [9.17, 15) is 26.7 Å². The van der Waals surface area contributed by atoms with Gasteiger partial charge in [0, 0.05) is 32.7 Å².